The van der Waals surface area contributed by atoms with Crippen LogP contribution < -0.4 is 5.32 Å². The normalized spacial score (nSPS) is 13.8. The summed E-state index contributed by atoms with van der Waals surface area (Å²) in [5.74, 6) is 0. The van der Waals surface area contributed by atoms with E-state index in [0.29, 0.717) is 18.7 Å². The summed E-state index contributed by atoms with van der Waals surface area (Å²) in [7, 11) is 1.94. The van der Waals surface area contributed by atoms with Gasteiger partial charge in [-0.15, -0.1) is 0 Å². The van der Waals surface area contributed by atoms with E-state index in [2.05, 4.69) is 16.5 Å². The second kappa shape index (κ2) is 6.53. The zero-order chi connectivity index (χ0) is 16.2. The third kappa shape index (κ3) is 3.34. The van der Waals surface area contributed by atoms with Crippen LogP contribution in [-0.2, 0) is 26.6 Å². The fraction of sp³-hybridized carbons (Fsp3) is 0.353. The summed E-state index contributed by atoms with van der Waals surface area (Å²) in [5.41, 5.74) is 3.94. The van der Waals surface area contributed by atoms with E-state index in [-0.39, 0.29) is 6.03 Å². The Balaban J connectivity index is 1.60. The van der Waals surface area contributed by atoms with E-state index in [9.17, 15) is 4.79 Å². The van der Waals surface area contributed by atoms with Crippen LogP contribution in [0.15, 0.2) is 30.5 Å². The zero-order valence-corrected chi connectivity index (χ0v) is 13.1. The van der Waals surface area contributed by atoms with Gasteiger partial charge < -0.3 is 10.2 Å². The first-order valence-electron chi connectivity index (χ1n) is 7.69. The SMILES string of the molecule is Cn1ncc2c1CCCN(C(=O)NCc1ccc(C#N)cc1)C2. The van der Waals surface area contributed by atoms with Crippen LogP contribution in [0.2, 0.25) is 0 Å². The molecule has 1 aliphatic heterocycles. The van der Waals surface area contributed by atoms with Gasteiger partial charge in [0.25, 0.3) is 0 Å². The van der Waals surface area contributed by atoms with Gasteiger partial charge in [0.05, 0.1) is 24.4 Å². The number of nitrogens with one attached hydrogen (secondary N) is 1. The Morgan fingerprint density at radius 1 is 1.39 bits per heavy atom. The Bertz CT molecular complexity index is 741. The molecule has 0 saturated carbocycles. The largest absolute Gasteiger partial charge is 0.334 e. The van der Waals surface area contributed by atoms with Crippen molar-refractivity contribution in [1.29, 1.82) is 5.26 Å². The van der Waals surface area contributed by atoms with Crippen LogP contribution in [0, 0.1) is 11.3 Å². The van der Waals surface area contributed by atoms with E-state index in [1.807, 2.05) is 35.0 Å². The number of amides is 2. The smallest absolute Gasteiger partial charge is 0.317 e. The van der Waals surface area contributed by atoms with Gasteiger partial charge in [0, 0.05) is 31.4 Å². The molecule has 1 N–H and O–H groups in total. The molecule has 118 valence electrons. The topological polar surface area (TPSA) is 74.0 Å². The van der Waals surface area contributed by atoms with Gasteiger partial charge in [-0.2, -0.15) is 10.4 Å². The molecule has 0 saturated heterocycles. The minimum atomic E-state index is -0.0638. The Hall–Kier alpha value is -2.81. The lowest BCUT2D eigenvalue weighted by Crippen LogP contribution is -2.39. The Kier molecular flexibility index (Phi) is 4.29. The number of nitriles is 1. The van der Waals surface area contributed by atoms with Crippen molar-refractivity contribution >= 4 is 6.03 Å². The number of aryl methyl sites for hydroxylation is 1. The second-order valence-corrected chi connectivity index (χ2v) is 5.73. The zero-order valence-electron chi connectivity index (χ0n) is 13.1. The maximum absolute atomic E-state index is 12.4. The Morgan fingerprint density at radius 2 is 2.17 bits per heavy atom. The van der Waals surface area contributed by atoms with Crippen LogP contribution in [0.5, 0.6) is 0 Å². The number of hydrogen-bond donors (Lipinski definition) is 1. The molecule has 0 unspecified atom stereocenters. The standard InChI is InChI=1S/C17H19N5O/c1-21-16-3-2-8-22(12-15(16)11-20-21)17(23)19-10-14-6-4-13(9-18)5-7-14/h4-7,11H,2-3,8,10,12H2,1H3,(H,19,23). The van der Waals surface area contributed by atoms with Gasteiger partial charge in [0.2, 0.25) is 0 Å². The number of nitrogens with zero attached hydrogens (tertiary/aromatic N) is 4. The van der Waals surface area contributed by atoms with Crippen molar-refractivity contribution in [2.75, 3.05) is 6.54 Å². The van der Waals surface area contributed by atoms with Gasteiger partial charge in [-0.3, -0.25) is 4.68 Å². The molecule has 0 bridgehead atoms. The molecule has 0 fully saturated rings. The molecule has 1 aromatic heterocycles. The predicted octanol–water partition coefficient (Wildman–Crippen LogP) is 1.95. The van der Waals surface area contributed by atoms with Crippen LogP contribution in [0.4, 0.5) is 4.79 Å². The van der Waals surface area contributed by atoms with E-state index in [4.69, 9.17) is 5.26 Å². The fourth-order valence-corrected chi connectivity index (χ4v) is 2.84. The van der Waals surface area contributed by atoms with Crippen molar-refractivity contribution in [3.8, 4) is 6.07 Å². The number of carbonyl (C=O) groups excluding carboxylic acids is 1. The number of rotatable bonds is 2. The summed E-state index contributed by atoms with van der Waals surface area (Å²) >= 11 is 0. The van der Waals surface area contributed by atoms with E-state index in [1.54, 1.807) is 12.1 Å². The summed E-state index contributed by atoms with van der Waals surface area (Å²) < 4.78 is 1.90. The van der Waals surface area contributed by atoms with Crippen LogP contribution >= 0.6 is 0 Å². The summed E-state index contributed by atoms with van der Waals surface area (Å²) in [6, 6.07) is 9.26. The molecule has 23 heavy (non-hydrogen) atoms. The molecule has 2 aromatic rings. The third-order valence-corrected chi connectivity index (χ3v) is 4.16. The van der Waals surface area contributed by atoms with E-state index < -0.39 is 0 Å². The molecule has 3 rings (SSSR count). The molecule has 1 aromatic carbocycles. The summed E-state index contributed by atoms with van der Waals surface area (Å²) in [6.07, 6.45) is 3.74. The molecule has 0 atom stereocenters. The maximum Gasteiger partial charge on any atom is 0.317 e. The van der Waals surface area contributed by atoms with Gasteiger partial charge in [-0.05, 0) is 30.5 Å². The van der Waals surface area contributed by atoms with Crippen LogP contribution in [0.1, 0.15) is 28.8 Å². The number of fused-ring (bicyclic) bond motifs is 1. The van der Waals surface area contributed by atoms with Crippen molar-refractivity contribution in [2.45, 2.75) is 25.9 Å². The monoisotopic (exact) mass is 309 g/mol. The molecule has 0 radical (unpaired) electrons. The van der Waals surface area contributed by atoms with Crippen LogP contribution in [-0.4, -0.2) is 27.3 Å². The first kappa shape index (κ1) is 15.1. The number of carbonyl (C=O) groups is 1. The van der Waals surface area contributed by atoms with Gasteiger partial charge in [-0.25, -0.2) is 4.79 Å². The van der Waals surface area contributed by atoms with Crippen LogP contribution in [0.25, 0.3) is 0 Å². The van der Waals surface area contributed by atoms with Gasteiger partial charge in [0.1, 0.15) is 0 Å². The molecule has 2 heterocycles. The highest BCUT2D eigenvalue weighted by Gasteiger charge is 2.20. The summed E-state index contributed by atoms with van der Waals surface area (Å²) in [6.45, 7) is 1.80. The van der Waals surface area contributed by atoms with Crippen LogP contribution in [0.3, 0.4) is 0 Å². The number of hydrogen-bond acceptors (Lipinski definition) is 3. The minimum absolute atomic E-state index is 0.0638. The quantitative estimate of drug-likeness (QED) is 0.921. The highest BCUT2D eigenvalue weighted by Crippen LogP contribution is 2.17. The van der Waals surface area contributed by atoms with Crippen molar-refractivity contribution < 1.29 is 4.79 Å². The number of urea groups is 1. The second-order valence-electron chi connectivity index (χ2n) is 5.73. The molecule has 6 nitrogen and oxygen atoms in total. The third-order valence-electron chi connectivity index (χ3n) is 4.16. The molecule has 0 aliphatic carbocycles. The highest BCUT2D eigenvalue weighted by molar-refractivity contribution is 5.74. The Morgan fingerprint density at radius 3 is 2.91 bits per heavy atom. The first-order valence-corrected chi connectivity index (χ1v) is 7.69. The number of benzene rings is 1. The van der Waals surface area contributed by atoms with Gasteiger partial charge in [-0.1, -0.05) is 12.1 Å². The van der Waals surface area contributed by atoms with E-state index >= 15 is 0 Å². The summed E-state index contributed by atoms with van der Waals surface area (Å²) in [4.78, 5) is 14.2. The lowest BCUT2D eigenvalue weighted by molar-refractivity contribution is 0.195. The molecular weight excluding hydrogens is 290 g/mol. The van der Waals surface area contributed by atoms with E-state index in [1.165, 1.54) is 5.69 Å². The molecule has 0 spiro atoms. The Labute approximate surface area is 135 Å². The predicted molar refractivity (Wildman–Crippen MR) is 85.3 cm³/mol. The molecule has 2 amide bonds. The molecule has 1 aliphatic rings. The van der Waals surface area contributed by atoms with Gasteiger partial charge in [0.15, 0.2) is 0 Å². The average molecular weight is 309 g/mol. The van der Waals surface area contributed by atoms with E-state index in [0.717, 1.165) is 30.5 Å². The van der Waals surface area contributed by atoms with Crippen molar-refractivity contribution in [1.82, 2.24) is 20.0 Å². The molecule has 6 heteroatoms. The minimum Gasteiger partial charge on any atom is -0.334 e. The van der Waals surface area contributed by atoms with Gasteiger partial charge >= 0.3 is 6.03 Å². The first-order chi connectivity index (χ1) is 11.2. The van der Waals surface area contributed by atoms with Crippen molar-refractivity contribution in [3.63, 3.8) is 0 Å². The average Bonchev–Trinajstić information content (AvgIpc) is 2.80. The fourth-order valence-electron chi connectivity index (χ4n) is 2.84. The number of aromatic nitrogens is 2. The highest BCUT2D eigenvalue weighted by atomic mass is 16.2. The van der Waals surface area contributed by atoms with Crippen molar-refractivity contribution in [2.24, 2.45) is 7.05 Å². The summed E-state index contributed by atoms with van der Waals surface area (Å²) in [5, 5.41) is 16.0. The maximum atomic E-state index is 12.4. The lowest BCUT2D eigenvalue weighted by Gasteiger charge is -2.20. The lowest BCUT2D eigenvalue weighted by atomic mass is 10.1. The van der Waals surface area contributed by atoms with Crippen molar-refractivity contribution in [3.05, 3.63) is 52.8 Å². The molecular formula is C17H19N5O.